The summed E-state index contributed by atoms with van der Waals surface area (Å²) < 4.78 is 7.21. The summed E-state index contributed by atoms with van der Waals surface area (Å²) in [6.45, 7) is 18.5. The summed E-state index contributed by atoms with van der Waals surface area (Å²) in [6.07, 6.45) is 3.31. The first-order valence-electron chi connectivity index (χ1n) is 12.3. The fourth-order valence-electron chi connectivity index (χ4n) is 7.51. The summed E-state index contributed by atoms with van der Waals surface area (Å²) >= 11 is 3.51. The number of halogens is 1. The van der Waals surface area contributed by atoms with Gasteiger partial charge in [-0.3, -0.25) is 4.79 Å². The highest BCUT2D eigenvalue weighted by molar-refractivity contribution is 9.10. The van der Waals surface area contributed by atoms with Crippen molar-refractivity contribution in [2.75, 3.05) is 0 Å². The average molecular weight is 530 g/mol. The van der Waals surface area contributed by atoms with Gasteiger partial charge in [-0.05, 0) is 67.2 Å². The molecule has 3 saturated carbocycles. The Labute approximate surface area is 212 Å². The van der Waals surface area contributed by atoms with E-state index in [2.05, 4.69) is 49.9 Å². The number of hydrogen-bond acceptors (Lipinski definition) is 4. The number of aliphatic hydroxyl groups excluding tert-OH is 1. The van der Waals surface area contributed by atoms with Gasteiger partial charge in [-0.2, -0.15) is 0 Å². The van der Waals surface area contributed by atoms with Crippen molar-refractivity contribution in [1.29, 1.82) is 0 Å². The van der Waals surface area contributed by atoms with E-state index in [1.165, 1.54) is 0 Å². The number of allylic oxidation sites excluding steroid dienone is 1. The normalized spacial score (nSPS) is 41.9. The van der Waals surface area contributed by atoms with Gasteiger partial charge in [-0.15, -0.1) is 6.58 Å². The Morgan fingerprint density at radius 3 is 2.62 bits per heavy atom. The highest BCUT2D eigenvalue weighted by atomic mass is 79.9. The third-order valence-electron chi connectivity index (χ3n) is 10.0. The van der Waals surface area contributed by atoms with E-state index in [4.69, 9.17) is 4.74 Å². The molecule has 5 heteroatoms. The largest absolute Gasteiger partial charge is 0.458 e. The molecule has 34 heavy (non-hydrogen) atoms. The molecule has 0 aliphatic heterocycles. The SMILES string of the molecule is C=C[C@]1(C)C[C@@H](O)[C@]2(C)[C@H](C)CC[C@]3(CC(=C)C(=O)[C@H]32)[C@@H](C)[C@@H]1OC(=O)c1cccc(Br)c1C. The van der Waals surface area contributed by atoms with Crippen molar-refractivity contribution in [2.24, 2.45) is 34.0 Å². The van der Waals surface area contributed by atoms with Crippen molar-refractivity contribution in [1.82, 2.24) is 0 Å². The molecule has 2 bridgehead atoms. The number of hydrogen-bond donors (Lipinski definition) is 1. The summed E-state index contributed by atoms with van der Waals surface area (Å²) in [7, 11) is 0. The summed E-state index contributed by atoms with van der Waals surface area (Å²) in [5.74, 6) is -0.555. The maximum Gasteiger partial charge on any atom is 0.338 e. The minimum absolute atomic E-state index is 0.0788. The Morgan fingerprint density at radius 2 is 1.97 bits per heavy atom. The van der Waals surface area contributed by atoms with E-state index in [-0.39, 0.29) is 29.5 Å². The maximum absolute atomic E-state index is 13.6. The van der Waals surface area contributed by atoms with Crippen molar-refractivity contribution in [3.8, 4) is 0 Å². The van der Waals surface area contributed by atoms with Crippen LogP contribution < -0.4 is 0 Å². The number of carbonyl (C=O) groups is 2. The second-order valence-electron chi connectivity index (χ2n) is 11.6. The Hall–Kier alpha value is -1.72. The van der Waals surface area contributed by atoms with Crippen LogP contribution in [0.2, 0.25) is 0 Å². The smallest absolute Gasteiger partial charge is 0.338 e. The topological polar surface area (TPSA) is 63.6 Å². The molecular formula is C29H37BrO4. The molecule has 0 amide bonds. The first-order valence-corrected chi connectivity index (χ1v) is 13.1. The third-order valence-corrected chi connectivity index (χ3v) is 10.9. The van der Waals surface area contributed by atoms with Gasteiger partial charge in [0.1, 0.15) is 6.10 Å². The lowest BCUT2D eigenvalue weighted by atomic mass is 9.44. The number of aliphatic hydroxyl groups is 1. The van der Waals surface area contributed by atoms with Crippen LogP contribution >= 0.6 is 15.9 Å². The fourth-order valence-corrected chi connectivity index (χ4v) is 7.87. The van der Waals surface area contributed by atoms with Crippen molar-refractivity contribution in [3.05, 3.63) is 58.6 Å². The Kier molecular flexibility index (Phi) is 6.30. The number of ketones is 1. The van der Waals surface area contributed by atoms with Gasteiger partial charge in [0.25, 0.3) is 0 Å². The maximum atomic E-state index is 13.6. The molecule has 4 rings (SSSR count). The first-order chi connectivity index (χ1) is 15.8. The molecule has 0 spiro atoms. The minimum atomic E-state index is -0.730. The molecule has 0 saturated heterocycles. The van der Waals surface area contributed by atoms with Crippen LogP contribution in [0.3, 0.4) is 0 Å². The van der Waals surface area contributed by atoms with Crippen LogP contribution in [0.5, 0.6) is 0 Å². The summed E-state index contributed by atoms with van der Waals surface area (Å²) in [6, 6.07) is 5.50. The van der Waals surface area contributed by atoms with E-state index in [1.54, 1.807) is 6.07 Å². The van der Waals surface area contributed by atoms with Gasteiger partial charge in [0.05, 0.1) is 11.7 Å². The summed E-state index contributed by atoms with van der Waals surface area (Å²) in [5, 5.41) is 11.7. The molecule has 1 N–H and O–H groups in total. The van der Waals surface area contributed by atoms with E-state index in [1.807, 2.05) is 32.1 Å². The molecule has 3 aliphatic rings. The number of ether oxygens (including phenoxy) is 1. The standard InChI is InChI=1S/C29H37BrO4/c1-8-27(6)15-22(31)28(7)17(3)12-13-29(14-16(2)23(32)24(28)29)19(5)25(27)34-26(33)20-10-9-11-21(30)18(20)4/h8-11,17,19,22,24-25,31H,1-2,12-15H2,3-7H3/t17-,19+,22-,24+,25+,27-,28+,29+/m1/s1. The second-order valence-corrected chi connectivity index (χ2v) is 12.4. The Bertz CT molecular complexity index is 1060. The van der Waals surface area contributed by atoms with Gasteiger partial charge in [0.2, 0.25) is 0 Å². The van der Waals surface area contributed by atoms with Gasteiger partial charge in [0, 0.05) is 27.1 Å². The minimum Gasteiger partial charge on any atom is -0.458 e. The summed E-state index contributed by atoms with van der Waals surface area (Å²) in [4.78, 5) is 27.1. The van der Waals surface area contributed by atoms with Gasteiger partial charge < -0.3 is 9.84 Å². The molecule has 0 aromatic heterocycles. The molecule has 3 fully saturated rings. The number of benzene rings is 1. The lowest BCUT2D eigenvalue weighted by molar-refractivity contribution is -0.191. The molecule has 1 aromatic rings. The van der Waals surface area contributed by atoms with Crippen LogP contribution in [-0.4, -0.2) is 29.1 Å². The van der Waals surface area contributed by atoms with Gasteiger partial charge >= 0.3 is 5.97 Å². The zero-order chi connectivity index (χ0) is 25.2. The predicted molar refractivity (Wildman–Crippen MR) is 137 cm³/mol. The molecule has 0 radical (unpaired) electrons. The van der Waals surface area contributed by atoms with Crippen LogP contribution in [0, 0.1) is 40.9 Å². The van der Waals surface area contributed by atoms with Crippen molar-refractivity contribution < 1.29 is 19.4 Å². The van der Waals surface area contributed by atoms with E-state index < -0.39 is 28.5 Å². The van der Waals surface area contributed by atoms with Gasteiger partial charge in [0.15, 0.2) is 5.78 Å². The first kappa shape index (κ1) is 25.4. The fraction of sp³-hybridized carbons (Fsp3) is 0.586. The highest BCUT2D eigenvalue weighted by Gasteiger charge is 2.68. The quantitative estimate of drug-likeness (QED) is 0.278. The lowest BCUT2D eigenvalue weighted by Gasteiger charge is -2.61. The molecular weight excluding hydrogens is 492 g/mol. The predicted octanol–water partition coefficient (Wildman–Crippen LogP) is 6.44. The Balaban J connectivity index is 1.85. The number of carbonyl (C=O) groups excluding carboxylic acids is 2. The van der Waals surface area contributed by atoms with E-state index in [0.717, 1.165) is 22.9 Å². The monoisotopic (exact) mass is 528 g/mol. The average Bonchev–Trinajstić information content (AvgIpc) is 3.06. The molecule has 0 heterocycles. The van der Waals surface area contributed by atoms with Crippen LogP contribution in [0.25, 0.3) is 0 Å². The van der Waals surface area contributed by atoms with E-state index in [0.29, 0.717) is 24.0 Å². The zero-order valence-electron chi connectivity index (χ0n) is 21.0. The van der Waals surface area contributed by atoms with Gasteiger partial charge in [-0.25, -0.2) is 4.79 Å². The molecule has 8 atom stereocenters. The van der Waals surface area contributed by atoms with Gasteiger partial charge in [-0.1, -0.05) is 62.3 Å². The van der Waals surface area contributed by atoms with Crippen molar-refractivity contribution >= 4 is 27.7 Å². The Morgan fingerprint density at radius 1 is 1.29 bits per heavy atom. The number of esters is 1. The third kappa shape index (κ3) is 3.41. The molecule has 0 unspecified atom stereocenters. The highest BCUT2D eigenvalue weighted by Crippen LogP contribution is 2.68. The molecule has 1 aromatic carbocycles. The second kappa shape index (κ2) is 8.44. The molecule has 184 valence electrons. The van der Waals surface area contributed by atoms with Crippen LogP contribution in [0.4, 0.5) is 0 Å². The van der Waals surface area contributed by atoms with Crippen LogP contribution in [-0.2, 0) is 9.53 Å². The molecule has 4 nitrogen and oxygen atoms in total. The van der Waals surface area contributed by atoms with Crippen LogP contribution in [0.15, 0.2) is 47.5 Å². The van der Waals surface area contributed by atoms with Crippen molar-refractivity contribution in [2.45, 2.75) is 72.5 Å². The van der Waals surface area contributed by atoms with E-state index in [9.17, 15) is 14.7 Å². The number of rotatable bonds is 3. The van der Waals surface area contributed by atoms with E-state index >= 15 is 0 Å². The van der Waals surface area contributed by atoms with Crippen LogP contribution in [0.1, 0.15) is 69.3 Å². The lowest BCUT2D eigenvalue weighted by Crippen LogP contribution is -2.62. The van der Waals surface area contributed by atoms with Crippen molar-refractivity contribution in [3.63, 3.8) is 0 Å². The number of Topliss-reactive ketones (excluding diaryl/α,β-unsaturated/α-hetero) is 1. The zero-order valence-corrected chi connectivity index (χ0v) is 22.6. The summed E-state index contributed by atoms with van der Waals surface area (Å²) in [5.41, 5.74) is 0.350. The molecule has 3 aliphatic carbocycles.